The molecule has 1 aromatic heterocycles. The predicted molar refractivity (Wildman–Crippen MR) is 89.9 cm³/mol. The minimum absolute atomic E-state index is 0.166. The van der Waals surface area contributed by atoms with Gasteiger partial charge in [0.1, 0.15) is 5.60 Å². The Hall–Kier alpha value is -2.83. The molecule has 1 amide bonds. The van der Waals surface area contributed by atoms with Crippen LogP contribution in [0.3, 0.4) is 0 Å². The molecule has 0 fully saturated rings. The Kier molecular flexibility index (Phi) is 5.23. The molecule has 0 spiro atoms. The first-order chi connectivity index (χ1) is 11.2. The standard InChI is InChI=1S/C17H21N3O4/c1-17(2,3)24-16(23)18-13(12-7-5-4-6-8-12)11-20-10-9-14(21)19-15(20)22/h4-10,13H,11H2,1-3H3,(H,18,23)(H,19,21,22)/t13-/m0/s1. The van der Waals surface area contributed by atoms with Crippen LogP contribution in [-0.2, 0) is 11.3 Å². The van der Waals surface area contributed by atoms with Crippen LogP contribution in [0.2, 0.25) is 0 Å². The number of amides is 1. The van der Waals surface area contributed by atoms with Gasteiger partial charge in [0, 0.05) is 12.3 Å². The number of carbonyl (C=O) groups excluding carboxylic acids is 1. The molecule has 0 aliphatic rings. The van der Waals surface area contributed by atoms with Gasteiger partial charge in [-0.05, 0) is 26.3 Å². The third-order valence-corrected chi connectivity index (χ3v) is 3.17. The number of aromatic nitrogens is 2. The zero-order valence-corrected chi connectivity index (χ0v) is 13.9. The van der Waals surface area contributed by atoms with E-state index in [9.17, 15) is 14.4 Å². The van der Waals surface area contributed by atoms with Crippen molar-refractivity contribution in [3.63, 3.8) is 0 Å². The minimum atomic E-state index is -0.625. The fraction of sp³-hybridized carbons (Fsp3) is 0.353. The average Bonchev–Trinajstić information content (AvgIpc) is 2.48. The van der Waals surface area contributed by atoms with Crippen LogP contribution in [0.1, 0.15) is 32.4 Å². The van der Waals surface area contributed by atoms with E-state index >= 15 is 0 Å². The topological polar surface area (TPSA) is 93.2 Å². The minimum Gasteiger partial charge on any atom is -0.444 e. The van der Waals surface area contributed by atoms with Crippen LogP contribution >= 0.6 is 0 Å². The van der Waals surface area contributed by atoms with Crippen LogP contribution in [0, 0.1) is 0 Å². The molecule has 0 saturated carbocycles. The van der Waals surface area contributed by atoms with E-state index in [1.807, 2.05) is 30.3 Å². The van der Waals surface area contributed by atoms with Gasteiger partial charge in [0.05, 0.1) is 12.6 Å². The van der Waals surface area contributed by atoms with Crippen molar-refractivity contribution in [2.45, 2.75) is 39.0 Å². The van der Waals surface area contributed by atoms with Crippen molar-refractivity contribution in [2.75, 3.05) is 0 Å². The van der Waals surface area contributed by atoms with E-state index in [1.54, 1.807) is 20.8 Å². The van der Waals surface area contributed by atoms with Gasteiger partial charge in [-0.1, -0.05) is 30.3 Å². The van der Waals surface area contributed by atoms with E-state index in [0.29, 0.717) is 0 Å². The molecular weight excluding hydrogens is 310 g/mol. The van der Waals surface area contributed by atoms with E-state index < -0.39 is 29.0 Å². The van der Waals surface area contributed by atoms with Crippen LogP contribution in [0.25, 0.3) is 0 Å². The SMILES string of the molecule is CC(C)(C)OC(=O)N[C@@H](Cn1ccc(=O)[nH]c1=O)c1ccccc1. The lowest BCUT2D eigenvalue weighted by Gasteiger charge is -2.24. The Labute approximate surface area is 139 Å². The van der Waals surface area contributed by atoms with Gasteiger partial charge < -0.3 is 10.1 Å². The Morgan fingerprint density at radius 1 is 1.21 bits per heavy atom. The molecule has 7 heteroatoms. The van der Waals surface area contributed by atoms with Crippen LogP contribution in [0.15, 0.2) is 52.2 Å². The first-order valence-corrected chi connectivity index (χ1v) is 7.59. The number of benzene rings is 1. The highest BCUT2D eigenvalue weighted by Crippen LogP contribution is 2.16. The number of nitrogens with one attached hydrogen (secondary N) is 2. The average molecular weight is 331 g/mol. The van der Waals surface area contributed by atoms with E-state index in [4.69, 9.17) is 4.74 Å². The Morgan fingerprint density at radius 3 is 2.46 bits per heavy atom. The van der Waals surface area contributed by atoms with Crippen LogP contribution in [-0.4, -0.2) is 21.2 Å². The van der Waals surface area contributed by atoms with Crippen molar-refractivity contribution in [1.82, 2.24) is 14.9 Å². The van der Waals surface area contributed by atoms with Gasteiger partial charge in [-0.25, -0.2) is 9.59 Å². The largest absolute Gasteiger partial charge is 0.444 e. The summed E-state index contributed by atoms with van der Waals surface area (Å²) in [4.78, 5) is 37.3. The predicted octanol–water partition coefficient (Wildman–Crippen LogP) is 1.80. The Morgan fingerprint density at radius 2 is 1.88 bits per heavy atom. The molecule has 1 atom stereocenters. The lowest BCUT2D eigenvalue weighted by molar-refractivity contribution is 0.0498. The molecule has 2 rings (SSSR count). The highest BCUT2D eigenvalue weighted by molar-refractivity contribution is 5.68. The van der Waals surface area contributed by atoms with Crippen molar-refractivity contribution >= 4 is 6.09 Å². The molecule has 24 heavy (non-hydrogen) atoms. The lowest BCUT2D eigenvalue weighted by atomic mass is 10.1. The van der Waals surface area contributed by atoms with Crippen molar-refractivity contribution in [2.24, 2.45) is 0 Å². The summed E-state index contributed by atoms with van der Waals surface area (Å²) in [5, 5.41) is 2.77. The summed E-state index contributed by atoms with van der Waals surface area (Å²) >= 11 is 0. The summed E-state index contributed by atoms with van der Waals surface area (Å²) in [6, 6.07) is 10.0. The van der Waals surface area contributed by atoms with Crippen LogP contribution in [0.4, 0.5) is 4.79 Å². The lowest BCUT2D eigenvalue weighted by Crippen LogP contribution is -2.39. The van der Waals surface area contributed by atoms with Gasteiger partial charge in [0.2, 0.25) is 0 Å². The number of aromatic amines is 1. The molecular formula is C17H21N3O4. The van der Waals surface area contributed by atoms with Crippen molar-refractivity contribution < 1.29 is 9.53 Å². The number of alkyl carbamates (subject to hydrolysis) is 1. The first-order valence-electron chi connectivity index (χ1n) is 7.59. The number of hydrogen-bond donors (Lipinski definition) is 2. The second-order valence-electron chi connectivity index (χ2n) is 6.37. The van der Waals surface area contributed by atoms with E-state index in [1.165, 1.54) is 16.8 Å². The maximum Gasteiger partial charge on any atom is 0.408 e. The smallest absolute Gasteiger partial charge is 0.408 e. The molecule has 0 radical (unpaired) electrons. The highest BCUT2D eigenvalue weighted by atomic mass is 16.6. The number of rotatable bonds is 4. The van der Waals surface area contributed by atoms with Gasteiger partial charge >= 0.3 is 11.8 Å². The third-order valence-electron chi connectivity index (χ3n) is 3.17. The zero-order chi connectivity index (χ0) is 17.7. The third kappa shape index (κ3) is 5.12. The summed E-state index contributed by atoms with van der Waals surface area (Å²) in [7, 11) is 0. The fourth-order valence-corrected chi connectivity index (χ4v) is 2.15. The quantitative estimate of drug-likeness (QED) is 0.893. The summed E-state index contributed by atoms with van der Waals surface area (Å²) in [6.07, 6.45) is 0.822. The molecule has 0 saturated heterocycles. The number of H-pyrrole nitrogens is 1. The van der Waals surface area contributed by atoms with Gasteiger partial charge in [0.25, 0.3) is 5.56 Å². The van der Waals surface area contributed by atoms with Crippen molar-refractivity contribution in [1.29, 1.82) is 0 Å². The molecule has 128 valence electrons. The van der Waals surface area contributed by atoms with Crippen LogP contribution in [0.5, 0.6) is 0 Å². The van der Waals surface area contributed by atoms with Gasteiger partial charge in [-0.3, -0.25) is 14.3 Å². The summed E-state index contributed by atoms with van der Waals surface area (Å²) in [5.74, 6) is 0. The molecule has 0 bridgehead atoms. The maximum absolute atomic E-state index is 12.1. The highest BCUT2D eigenvalue weighted by Gasteiger charge is 2.21. The number of ether oxygens (including phenoxy) is 1. The number of hydrogen-bond acceptors (Lipinski definition) is 4. The zero-order valence-electron chi connectivity index (χ0n) is 13.9. The molecule has 0 aliphatic heterocycles. The van der Waals surface area contributed by atoms with E-state index in [2.05, 4.69) is 10.3 Å². The molecule has 1 aromatic carbocycles. The summed E-state index contributed by atoms with van der Waals surface area (Å²) < 4.78 is 6.61. The Bertz CT molecular complexity index is 803. The van der Waals surface area contributed by atoms with E-state index in [0.717, 1.165) is 5.56 Å². The maximum atomic E-state index is 12.1. The first kappa shape index (κ1) is 17.5. The van der Waals surface area contributed by atoms with Crippen molar-refractivity contribution in [3.8, 4) is 0 Å². The van der Waals surface area contributed by atoms with E-state index in [-0.39, 0.29) is 6.54 Å². The molecule has 0 aliphatic carbocycles. The number of nitrogens with zero attached hydrogens (tertiary/aromatic N) is 1. The molecule has 7 nitrogen and oxygen atoms in total. The van der Waals surface area contributed by atoms with Gasteiger partial charge in [-0.15, -0.1) is 0 Å². The number of carbonyl (C=O) groups is 1. The molecule has 1 heterocycles. The van der Waals surface area contributed by atoms with Crippen LogP contribution < -0.4 is 16.6 Å². The molecule has 2 aromatic rings. The second-order valence-corrected chi connectivity index (χ2v) is 6.37. The van der Waals surface area contributed by atoms with Gasteiger partial charge in [-0.2, -0.15) is 0 Å². The van der Waals surface area contributed by atoms with Crippen molar-refractivity contribution in [3.05, 3.63) is 69.0 Å². The normalized spacial score (nSPS) is 12.5. The summed E-state index contributed by atoms with van der Waals surface area (Å²) in [6.45, 7) is 5.49. The summed E-state index contributed by atoms with van der Waals surface area (Å²) in [5.41, 5.74) is -0.802. The van der Waals surface area contributed by atoms with Gasteiger partial charge in [0.15, 0.2) is 0 Å². The molecule has 0 unspecified atom stereocenters. The fourth-order valence-electron chi connectivity index (χ4n) is 2.15. The Balaban J connectivity index is 2.25. The monoisotopic (exact) mass is 331 g/mol. The second kappa shape index (κ2) is 7.16. The molecule has 2 N–H and O–H groups in total.